The van der Waals surface area contributed by atoms with E-state index in [0.29, 0.717) is 5.69 Å². The molecule has 0 fully saturated rings. The number of methoxy groups -OCH3 is 2. The molecule has 1 aliphatic heterocycles. The molecule has 0 saturated carbocycles. The van der Waals surface area contributed by atoms with E-state index >= 15 is 0 Å². The van der Waals surface area contributed by atoms with Gasteiger partial charge in [0.15, 0.2) is 0 Å². The summed E-state index contributed by atoms with van der Waals surface area (Å²) >= 11 is 0. The van der Waals surface area contributed by atoms with Crippen LogP contribution >= 0.6 is 0 Å². The van der Waals surface area contributed by atoms with Gasteiger partial charge in [0.2, 0.25) is 5.91 Å². The summed E-state index contributed by atoms with van der Waals surface area (Å²) in [6.07, 6.45) is 2.95. The molecule has 0 aromatic heterocycles. The predicted molar refractivity (Wildman–Crippen MR) is 147 cm³/mol. The molecule has 1 N–H and O–H groups in total. The van der Waals surface area contributed by atoms with Crippen LogP contribution in [0.4, 0.5) is 10.1 Å². The van der Waals surface area contributed by atoms with Crippen molar-refractivity contribution in [2.45, 2.75) is 24.7 Å². The van der Waals surface area contributed by atoms with Crippen molar-refractivity contribution >= 4 is 17.5 Å². The number of carbonyl (C=O) groups is 2. The Hall–Kier alpha value is -3.85. The maximum absolute atomic E-state index is 14.0. The monoisotopic (exact) mass is 532 g/mol. The van der Waals surface area contributed by atoms with Crippen LogP contribution < -0.4 is 5.32 Å². The van der Waals surface area contributed by atoms with Crippen molar-refractivity contribution in [3.05, 3.63) is 114 Å². The Bertz CT molecular complexity index is 1270. The minimum absolute atomic E-state index is 0.153. The number of amides is 2. The van der Waals surface area contributed by atoms with Gasteiger partial charge in [0.1, 0.15) is 24.1 Å². The van der Waals surface area contributed by atoms with E-state index in [4.69, 9.17) is 14.2 Å². The van der Waals surface area contributed by atoms with Crippen molar-refractivity contribution in [2.75, 3.05) is 39.3 Å². The average molecular weight is 533 g/mol. The molecule has 2 amide bonds. The van der Waals surface area contributed by atoms with Gasteiger partial charge in [-0.25, -0.2) is 4.39 Å². The SMILES string of the molecule is CO[C@H]1COC/C=C\CN(C(=O)c2ccc(F)cc2)[C@@H](Cc2ccccc2)C(=O)Nc2ccccc2[C@@H]1OC. The van der Waals surface area contributed by atoms with Crippen molar-refractivity contribution in [1.29, 1.82) is 0 Å². The van der Waals surface area contributed by atoms with Crippen LogP contribution in [0.25, 0.3) is 0 Å². The summed E-state index contributed by atoms with van der Waals surface area (Å²) in [5.41, 5.74) is 2.46. The topological polar surface area (TPSA) is 77.1 Å². The lowest BCUT2D eigenvalue weighted by Gasteiger charge is -2.32. The van der Waals surface area contributed by atoms with Gasteiger partial charge in [-0.1, -0.05) is 60.7 Å². The lowest BCUT2D eigenvalue weighted by atomic mass is 10.00. The van der Waals surface area contributed by atoms with Crippen LogP contribution in [-0.2, 0) is 25.4 Å². The predicted octanol–water partition coefficient (Wildman–Crippen LogP) is 4.81. The molecule has 0 bridgehead atoms. The standard InChI is InChI=1S/C31H33FN2O5/c1-37-28-21-39-19-9-8-18-34(31(36)23-14-16-24(32)17-15-23)27(20-22-10-4-3-5-11-22)30(35)33-26-13-7-6-12-25(26)29(28)38-2/h3-17,27-29H,18-21H2,1-2H3,(H,33,35)/b9-8-/t27-,28-,29-/m0/s1. The van der Waals surface area contributed by atoms with Crippen molar-refractivity contribution < 1.29 is 28.2 Å². The molecule has 204 valence electrons. The summed E-state index contributed by atoms with van der Waals surface area (Å²) in [5.74, 6) is -1.18. The number of anilines is 1. The van der Waals surface area contributed by atoms with Crippen molar-refractivity contribution in [3.63, 3.8) is 0 Å². The maximum Gasteiger partial charge on any atom is 0.254 e. The van der Waals surface area contributed by atoms with Crippen LogP contribution in [0.5, 0.6) is 0 Å². The van der Waals surface area contributed by atoms with Gasteiger partial charge in [0.05, 0.1) is 13.2 Å². The number of carbonyl (C=O) groups excluding carboxylic acids is 2. The van der Waals surface area contributed by atoms with Crippen molar-refractivity contribution in [2.24, 2.45) is 0 Å². The van der Waals surface area contributed by atoms with Gasteiger partial charge in [-0.15, -0.1) is 0 Å². The van der Waals surface area contributed by atoms with Crippen LogP contribution in [-0.4, -0.2) is 62.8 Å². The van der Waals surface area contributed by atoms with Crippen molar-refractivity contribution in [1.82, 2.24) is 4.90 Å². The van der Waals surface area contributed by atoms with Crippen LogP contribution in [0.15, 0.2) is 91.0 Å². The molecule has 0 radical (unpaired) electrons. The fourth-order valence-corrected chi connectivity index (χ4v) is 4.63. The Morgan fingerprint density at radius 1 is 0.974 bits per heavy atom. The second-order valence-corrected chi connectivity index (χ2v) is 9.19. The van der Waals surface area contributed by atoms with Crippen LogP contribution in [0.2, 0.25) is 0 Å². The molecule has 3 aromatic carbocycles. The number of para-hydroxylation sites is 1. The van der Waals surface area contributed by atoms with Gasteiger partial charge in [-0.3, -0.25) is 9.59 Å². The molecule has 4 rings (SSSR count). The maximum atomic E-state index is 14.0. The lowest BCUT2D eigenvalue weighted by molar-refractivity contribution is -0.120. The first-order valence-electron chi connectivity index (χ1n) is 12.8. The minimum Gasteiger partial charge on any atom is -0.376 e. The van der Waals surface area contributed by atoms with E-state index in [1.54, 1.807) is 32.4 Å². The van der Waals surface area contributed by atoms with E-state index in [1.807, 2.05) is 48.5 Å². The number of nitrogens with one attached hydrogen (secondary N) is 1. The number of benzene rings is 3. The highest BCUT2D eigenvalue weighted by Crippen LogP contribution is 2.30. The Balaban J connectivity index is 1.77. The Labute approximate surface area is 228 Å². The number of fused-ring (bicyclic) bond motifs is 1. The van der Waals surface area contributed by atoms with E-state index < -0.39 is 24.1 Å². The fraction of sp³-hybridized carbons (Fsp3) is 0.290. The second kappa shape index (κ2) is 13.8. The summed E-state index contributed by atoms with van der Waals surface area (Å²) in [6, 6.07) is 21.3. The summed E-state index contributed by atoms with van der Waals surface area (Å²) in [4.78, 5) is 29.3. The zero-order chi connectivity index (χ0) is 27.6. The van der Waals surface area contributed by atoms with Crippen LogP contribution in [0, 0.1) is 5.82 Å². The van der Waals surface area contributed by atoms with Crippen molar-refractivity contribution in [3.8, 4) is 0 Å². The number of halogens is 1. The van der Waals surface area contributed by atoms with E-state index in [2.05, 4.69) is 5.32 Å². The van der Waals surface area contributed by atoms with Crippen LogP contribution in [0.3, 0.4) is 0 Å². The zero-order valence-corrected chi connectivity index (χ0v) is 22.1. The molecular weight excluding hydrogens is 499 g/mol. The molecule has 1 heterocycles. The van der Waals surface area contributed by atoms with Gasteiger partial charge >= 0.3 is 0 Å². The first-order chi connectivity index (χ1) is 19.0. The normalized spacial score (nSPS) is 21.4. The summed E-state index contributed by atoms with van der Waals surface area (Å²) < 4.78 is 30.9. The highest BCUT2D eigenvalue weighted by Gasteiger charge is 2.32. The molecule has 0 unspecified atom stereocenters. The van der Waals surface area contributed by atoms with Gasteiger partial charge in [-0.05, 0) is 35.9 Å². The van der Waals surface area contributed by atoms with E-state index in [9.17, 15) is 14.0 Å². The molecule has 3 atom stereocenters. The number of rotatable bonds is 5. The second-order valence-electron chi connectivity index (χ2n) is 9.19. The number of nitrogens with zero attached hydrogens (tertiary/aromatic N) is 1. The van der Waals surface area contributed by atoms with Gasteiger partial charge < -0.3 is 24.4 Å². The van der Waals surface area contributed by atoms with E-state index in [1.165, 1.54) is 29.2 Å². The van der Waals surface area contributed by atoms with E-state index in [0.717, 1.165) is 11.1 Å². The lowest BCUT2D eigenvalue weighted by Crippen LogP contribution is -2.49. The molecule has 0 aliphatic carbocycles. The number of ether oxygens (including phenoxy) is 3. The number of hydrogen-bond acceptors (Lipinski definition) is 5. The molecule has 7 nitrogen and oxygen atoms in total. The first kappa shape index (κ1) is 28.2. The van der Waals surface area contributed by atoms with E-state index in [-0.39, 0.29) is 43.6 Å². The van der Waals surface area contributed by atoms with Crippen LogP contribution in [0.1, 0.15) is 27.6 Å². The third kappa shape index (κ3) is 7.17. The third-order valence-electron chi connectivity index (χ3n) is 6.69. The Morgan fingerprint density at radius 2 is 1.69 bits per heavy atom. The molecular formula is C31H33FN2O5. The summed E-state index contributed by atoms with van der Waals surface area (Å²) in [5, 5.41) is 3.05. The highest BCUT2D eigenvalue weighted by atomic mass is 19.1. The smallest absolute Gasteiger partial charge is 0.254 e. The molecule has 0 spiro atoms. The highest BCUT2D eigenvalue weighted by molar-refractivity contribution is 6.01. The molecule has 39 heavy (non-hydrogen) atoms. The Morgan fingerprint density at radius 3 is 2.41 bits per heavy atom. The molecule has 1 aliphatic rings. The summed E-state index contributed by atoms with van der Waals surface area (Å²) in [6.45, 7) is 0.698. The fourth-order valence-electron chi connectivity index (χ4n) is 4.63. The van der Waals surface area contributed by atoms with Gasteiger partial charge in [0.25, 0.3) is 5.91 Å². The Kier molecular flexibility index (Phi) is 9.97. The largest absolute Gasteiger partial charge is 0.376 e. The van der Waals surface area contributed by atoms with Gasteiger partial charge in [0, 0.05) is 44.0 Å². The number of hydrogen-bond donors (Lipinski definition) is 1. The molecule has 8 heteroatoms. The minimum atomic E-state index is -0.870. The molecule has 0 saturated heterocycles. The average Bonchev–Trinajstić information content (AvgIpc) is 2.96. The summed E-state index contributed by atoms with van der Waals surface area (Å²) in [7, 11) is 3.18. The first-order valence-corrected chi connectivity index (χ1v) is 12.8. The van der Waals surface area contributed by atoms with Gasteiger partial charge in [-0.2, -0.15) is 0 Å². The third-order valence-corrected chi connectivity index (χ3v) is 6.69. The molecule has 3 aromatic rings. The quantitative estimate of drug-likeness (QED) is 0.478. The zero-order valence-electron chi connectivity index (χ0n) is 22.1.